The number of nitrogens with zero attached hydrogens (tertiary/aromatic N) is 3. The first-order valence-corrected chi connectivity index (χ1v) is 44.7. The number of rotatable bonds is 5. The SMILES string of the molecule is CC1(C)c2ccccc2N(c2cc3c4c(c2)-c2ccccc2OB4Oc2ccccc2-3)c2ccccc21.C[Si]1(C)c2ccccc2N(c2cc3c4c(c2)-c2ccccc2OB4Oc2ccccc2-3)c2ccccc21.c1ccc(C2(c3ccccc3)c3ccccc3N(c3cc4c5c(c3)-c3ccccc3OB5Oc3ccccc3-4)c3ccccc32)cc1. The monoisotopic (exact) mass is 1570 g/mol. The lowest BCUT2D eigenvalue weighted by Gasteiger charge is -2.46. The summed E-state index contributed by atoms with van der Waals surface area (Å²) in [6.45, 7) is 9.57. The highest BCUT2D eigenvalue weighted by Crippen LogP contribution is 2.60. The fourth-order valence-corrected chi connectivity index (χ4v) is 23.8. The number of hydrogen-bond acceptors (Lipinski definition) is 9. The van der Waals surface area contributed by atoms with Gasteiger partial charge in [-0.2, -0.15) is 0 Å². The summed E-state index contributed by atoms with van der Waals surface area (Å²) in [4.78, 5) is 7.35. The van der Waals surface area contributed by atoms with Crippen LogP contribution in [0.1, 0.15) is 47.2 Å². The van der Waals surface area contributed by atoms with Crippen molar-refractivity contribution in [2.75, 3.05) is 14.7 Å². The molecule has 0 bridgehead atoms. The van der Waals surface area contributed by atoms with E-state index in [0.717, 1.165) is 135 Å². The zero-order chi connectivity index (χ0) is 80.4. The van der Waals surface area contributed by atoms with Gasteiger partial charge in [0, 0.05) is 83.6 Å². The van der Waals surface area contributed by atoms with E-state index in [1.165, 1.54) is 77.6 Å². The number of para-hydroxylation sites is 12. The van der Waals surface area contributed by atoms with Crippen molar-refractivity contribution >= 4 is 107 Å². The molecule has 9 nitrogen and oxygen atoms in total. The van der Waals surface area contributed by atoms with Crippen LogP contribution in [0.2, 0.25) is 13.1 Å². The molecule has 0 aliphatic carbocycles. The van der Waals surface area contributed by atoms with Crippen LogP contribution in [0, 0.1) is 0 Å². The maximum Gasteiger partial charge on any atom is 0.633 e. The fourth-order valence-electron chi connectivity index (χ4n) is 20.9. The molecule has 17 aromatic rings. The maximum atomic E-state index is 6.48. The minimum atomic E-state index is -1.85. The molecule has 17 aromatic carbocycles. The summed E-state index contributed by atoms with van der Waals surface area (Å²) in [6.07, 6.45) is 0. The summed E-state index contributed by atoms with van der Waals surface area (Å²) in [5.74, 6) is 5.08. The Bertz CT molecular complexity index is 6500. The summed E-state index contributed by atoms with van der Waals surface area (Å²) in [5.41, 5.74) is 34.5. The van der Waals surface area contributed by atoms with Crippen LogP contribution in [0.4, 0.5) is 51.2 Å². The summed E-state index contributed by atoms with van der Waals surface area (Å²) in [7, 11) is -3.30. The summed E-state index contributed by atoms with van der Waals surface area (Å²) in [6, 6.07) is 139. The lowest BCUT2D eigenvalue weighted by molar-refractivity contribution is 0.435. The second-order valence-electron chi connectivity index (χ2n) is 33.4. The van der Waals surface area contributed by atoms with Crippen molar-refractivity contribution in [3.8, 4) is 101 Å². The topological polar surface area (TPSA) is 65.1 Å². The molecule has 0 saturated carbocycles. The molecular weight excluding hydrogens is 1500 g/mol. The molecule has 0 saturated heterocycles. The molecule has 9 aliphatic heterocycles. The van der Waals surface area contributed by atoms with Gasteiger partial charge in [0.2, 0.25) is 0 Å². The van der Waals surface area contributed by atoms with Crippen molar-refractivity contribution in [1.29, 1.82) is 0 Å². The number of anilines is 9. The Morgan fingerprint density at radius 2 is 0.438 bits per heavy atom. The predicted molar refractivity (Wildman–Crippen MR) is 497 cm³/mol. The van der Waals surface area contributed by atoms with Crippen LogP contribution in [-0.4, -0.2) is 29.4 Å². The molecule has 26 rings (SSSR count). The third-order valence-corrected chi connectivity index (χ3v) is 29.8. The Morgan fingerprint density at radius 3 is 0.727 bits per heavy atom. The Hall–Kier alpha value is -14.6. The quantitative estimate of drug-likeness (QED) is 0.157. The first-order chi connectivity index (χ1) is 59.5. The van der Waals surface area contributed by atoms with Crippen molar-refractivity contribution in [2.24, 2.45) is 0 Å². The molecule has 0 aromatic heterocycles. The summed E-state index contributed by atoms with van der Waals surface area (Å²) in [5, 5.41) is 2.93. The largest absolute Gasteiger partial charge is 0.633 e. The highest BCUT2D eigenvalue weighted by atomic mass is 28.3. The van der Waals surface area contributed by atoms with Gasteiger partial charge < -0.3 is 42.6 Å². The van der Waals surface area contributed by atoms with Crippen molar-refractivity contribution in [2.45, 2.75) is 37.8 Å². The molecule has 0 unspecified atom stereocenters. The third-order valence-electron chi connectivity index (χ3n) is 26.2. The fraction of sp³-hybridized carbons (Fsp3) is 0.0556. The highest BCUT2D eigenvalue weighted by molar-refractivity contribution is 7.02. The second kappa shape index (κ2) is 27.2. The molecule has 121 heavy (non-hydrogen) atoms. The minimum absolute atomic E-state index is 0.0991. The molecule has 9 aliphatic rings. The number of hydrogen-bond donors (Lipinski definition) is 0. The van der Waals surface area contributed by atoms with Crippen LogP contribution < -0.4 is 69.4 Å². The van der Waals surface area contributed by atoms with Crippen molar-refractivity contribution in [3.05, 3.63) is 422 Å². The van der Waals surface area contributed by atoms with Gasteiger partial charge in [0.15, 0.2) is 0 Å². The van der Waals surface area contributed by atoms with Crippen LogP contribution in [0.25, 0.3) is 66.8 Å². The van der Waals surface area contributed by atoms with Gasteiger partial charge in [-0.15, -0.1) is 0 Å². The average Bonchev–Trinajstić information content (AvgIpc) is 0.702. The molecule has 0 spiro atoms. The Balaban J connectivity index is 0.000000104. The van der Waals surface area contributed by atoms with E-state index in [4.69, 9.17) is 27.9 Å². The van der Waals surface area contributed by atoms with E-state index in [2.05, 4.69) is 357 Å². The molecular formula is C108H76B3N3O6Si. The van der Waals surface area contributed by atoms with E-state index in [-0.39, 0.29) is 5.41 Å². The lowest BCUT2D eigenvalue weighted by Crippen LogP contribution is -2.58. The van der Waals surface area contributed by atoms with Gasteiger partial charge in [0.05, 0.1) is 28.2 Å². The lowest BCUT2D eigenvalue weighted by atomic mass is 9.62. The van der Waals surface area contributed by atoms with Crippen molar-refractivity contribution in [3.63, 3.8) is 0 Å². The Kier molecular flexibility index (Phi) is 15.9. The molecule has 13 heteroatoms. The molecule has 0 N–H and O–H groups in total. The molecule has 0 atom stereocenters. The van der Waals surface area contributed by atoms with E-state index in [1.807, 2.05) is 72.8 Å². The van der Waals surface area contributed by atoms with Crippen LogP contribution in [0.3, 0.4) is 0 Å². The summed E-state index contributed by atoms with van der Waals surface area (Å²) < 4.78 is 38.5. The highest BCUT2D eigenvalue weighted by Gasteiger charge is 2.51. The van der Waals surface area contributed by atoms with Gasteiger partial charge in [-0.1, -0.05) is 306 Å². The zero-order valence-corrected chi connectivity index (χ0v) is 68.0. The third kappa shape index (κ3) is 10.6. The van der Waals surface area contributed by atoms with E-state index < -0.39 is 34.8 Å². The van der Waals surface area contributed by atoms with Gasteiger partial charge in [-0.25, -0.2) is 0 Å². The smallest absolute Gasteiger partial charge is 0.521 e. The normalized spacial score (nSPS) is 14.9. The first kappa shape index (κ1) is 70.5. The average molecular weight is 1570 g/mol. The standard InChI is InChI=1S/C43H28BNO2.C33H24BNO2.C32H24BNO2Si/c1-3-15-29(16-4-1)43(30-17-5-2-6-18-30)36-21-9-11-23-38(36)45(39-24-12-10-22-37(39)43)31-27-34-32-19-7-13-25-40(32)46-44-42(34)35(28-31)33-20-8-14-26-41(33)47-44;1-33(2)26-13-5-7-15-28(26)35(29-16-8-6-14-27(29)33)21-19-24-22-11-3-9-17-30(22)36-34-32(24)25(20-21)23-12-4-10-18-31(23)37-34;1-37(2)30-17-9-5-13-26(30)34(27-14-6-10-18-31(27)37)21-19-24-22-11-3-7-15-28(22)35-33-32(24)25(20-21)23-12-4-8-16-29(23)36-33/h1-28H;2*3-20H,1-2H3. The van der Waals surface area contributed by atoms with Gasteiger partial charge in [0.25, 0.3) is 0 Å². The molecule has 0 amide bonds. The van der Waals surface area contributed by atoms with Crippen LogP contribution in [-0.2, 0) is 10.8 Å². The van der Waals surface area contributed by atoms with Gasteiger partial charge in [0.1, 0.15) is 42.6 Å². The van der Waals surface area contributed by atoms with Gasteiger partial charge in [-0.3, -0.25) is 0 Å². The maximum absolute atomic E-state index is 6.48. The van der Waals surface area contributed by atoms with E-state index >= 15 is 0 Å². The van der Waals surface area contributed by atoms with E-state index in [0.29, 0.717) is 0 Å². The van der Waals surface area contributed by atoms with E-state index in [1.54, 1.807) is 0 Å². The van der Waals surface area contributed by atoms with Gasteiger partial charge >= 0.3 is 21.4 Å². The minimum Gasteiger partial charge on any atom is -0.521 e. The first-order valence-electron chi connectivity index (χ1n) is 41.7. The second-order valence-corrected chi connectivity index (χ2v) is 37.7. The molecule has 9 heterocycles. The van der Waals surface area contributed by atoms with Crippen LogP contribution in [0.5, 0.6) is 34.5 Å². The number of fused-ring (bicyclic) bond motifs is 18. The molecule has 0 fully saturated rings. The van der Waals surface area contributed by atoms with Gasteiger partial charge in [-0.05, 0) is 186 Å². The Morgan fingerprint density at radius 1 is 0.223 bits per heavy atom. The van der Waals surface area contributed by atoms with Crippen LogP contribution in [0.15, 0.2) is 388 Å². The zero-order valence-electron chi connectivity index (χ0n) is 67.0. The summed E-state index contributed by atoms with van der Waals surface area (Å²) >= 11 is 0. The Labute approximate surface area is 706 Å². The number of benzene rings is 17. The molecule has 0 radical (unpaired) electrons. The van der Waals surface area contributed by atoms with E-state index in [9.17, 15) is 0 Å². The molecule has 572 valence electrons. The van der Waals surface area contributed by atoms with Crippen LogP contribution >= 0.6 is 0 Å². The predicted octanol–water partition coefficient (Wildman–Crippen LogP) is 23.4. The van der Waals surface area contributed by atoms with Crippen molar-refractivity contribution in [1.82, 2.24) is 0 Å². The van der Waals surface area contributed by atoms with Crippen molar-refractivity contribution < 1.29 is 27.9 Å².